The van der Waals surface area contributed by atoms with Gasteiger partial charge >= 0.3 is 0 Å². The average molecular weight is 366 g/mol. The topological polar surface area (TPSA) is 66.6 Å². The van der Waals surface area contributed by atoms with E-state index in [1.54, 1.807) is 17.0 Å². The molecule has 27 heavy (non-hydrogen) atoms. The van der Waals surface area contributed by atoms with Gasteiger partial charge in [0, 0.05) is 18.0 Å². The zero-order chi connectivity index (χ0) is 19.0. The number of β-amino-alcohol motifs (C(OH)–C–C–N with tert-alkyl or cyclic N) is 1. The first-order chi connectivity index (χ1) is 13.0. The number of amides is 1. The fourth-order valence-electron chi connectivity index (χ4n) is 3.69. The highest BCUT2D eigenvalue weighted by Gasteiger charge is 2.44. The Morgan fingerprint density at radius 2 is 1.93 bits per heavy atom. The molecule has 1 aromatic heterocycles. The molecule has 0 radical (unpaired) electrons. The molecular weight excluding hydrogens is 347 g/mol. The molecule has 3 aromatic rings. The molecule has 2 heterocycles. The second kappa shape index (κ2) is 6.63. The molecule has 0 saturated carbocycles. The van der Waals surface area contributed by atoms with Crippen LogP contribution >= 0.6 is 0 Å². The van der Waals surface area contributed by atoms with Crippen LogP contribution in [0.4, 0.5) is 4.39 Å². The number of carbonyl (C=O) groups excluding carboxylic acids is 1. The minimum absolute atomic E-state index is 0.154. The van der Waals surface area contributed by atoms with E-state index in [9.17, 15) is 14.3 Å². The van der Waals surface area contributed by atoms with Gasteiger partial charge in [-0.15, -0.1) is 0 Å². The van der Waals surface area contributed by atoms with Crippen molar-refractivity contribution >= 4 is 5.91 Å². The van der Waals surface area contributed by atoms with E-state index in [-0.39, 0.29) is 24.3 Å². The van der Waals surface area contributed by atoms with Crippen molar-refractivity contribution in [3.63, 3.8) is 0 Å². The number of nitrogens with zero attached hydrogens (tertiary/aromatic N) is 2. The number of aromatic nitrogens is 1. The fraction of sp³-hybridized carbons (Fsp3) is 0.238. The molecule has 0 spiro atoms. The zero-order valence-corrected chi connectivity index (χ0v) is 14.8. The molecule has 1 aliphatic rings. The van der Waals surface area contributed by atoms with Gasteiger partial charge in [-0.25, -0.2) is 4.39 Å². The van der Waals surface area contributed by atoms with Crippen molar-refractivity contribution < 1.29 is 18.8 Å². The lowest BCUT2D eigenvalue weighted by Crippen LogP contribution is -2.36. The van der Waals surface area contributed by atoms with Crippen molar-refractivity contribution in [2.24, 2.45) is 0 Å². The van der Waals surface area contributed by atoms with Gasteiger partial charge in [-0.1, -0.05) is 35.5 Å². The van der Waals surface area contributed by atoms with Crippen LogP contribution in [-0.4, -0.2) is 33.7 Å². The van der Waals surface area contributed by atoms with Crippen LogP contribution < -0.4 is 0 Å². The molecule has 1 amide bonds. The molecule has 1 fully saturated rings. The molecule has 0 bridgehead atoms. The van der Waals surface area contributed by atoms with Gasteiger partial charge in [-0.3, -0.25) is 4.79 Å². The van der Waals surface area contributed by atoms with Gasteiger partial charge in [0.25, 0.3) is 5.91 Å². The Hall–Kier alpha value is -2.99. The number of rotatable bonds is 3. The number of hydrogen-bond donors (Lipinski definition) is 1. The largest absolute Gasteiger partial charge is 0.383 e. The quantitative estimate of drug-likeness (QED) is 0.769. The SMILES string of the molecule is CC1CC(O)(c2ccccc2)CN1C(=O)c1cnoc1-c1ccc(F)cc1. The summed E-state index contributed by atoms with van der Waals surface area (Å²) in [7, 11) is 0. The number of halogens is 1. The molecule has 1 aliphatic heterocycles. The smallest absolute Gasteiger partial charge is 0.259 e. The molecule has 1 N–H and O–H groups in total. The monoisotopic (exact) mass is 366 g/mol. The molecule has 2 unspecified atom stereocenters. The lowest BCUT2D eigenvalue weighted by molar-refractivity contribution is 0.0417. The maximum Gasteiger partial charge on any atom is 0.259 e. The minimum atomic E-state index is -1.09. The number of aliphatic hydroxyl groups is 1. The second-order valence-electron chi connectivity index (χ2n) is 6.96. The van der Waals surface area contributed by atoms with E-state index >= 15 is 0 Å². The summed E-state index contributed by atoms with van der Waals surface area (Å²) >= 11 is 0. The first-order valence-corrected chi connectivity index (χ1v) is 8.77. The summed E-state index contributed by atoms with van der Waals surface area (Å²) in [5, 5.41) is 14.8. The van der Waals surface area contributed by atoms with Gasteiger partial charge in [0.1, 0.15) is 17.0 Å². The fourth-order valence-corrected chi connectivity index (χ4v) is 3.69. The van der Waals surface area contributed by atoms with Crippen molar-refractivity contribution in [2.45, 2.75) is 25.0 Å². The van der Waals surface area contributed by atoms with Crippen molar-refractivity contribution in [3.05, 3.63) is 77.7 Å². The Labute approximate surface area is 156 Å². The number of likely N-dealkylation sites (tertiary alicyclic amines) is 1. The summed E-state index contributed by atoms with van der Waals surface area (Å²) in [5.74, 6) is -0.343. The standard InChI is InChI=1S/C21H19FN2O3/c1-14-11-21(26,16-5-3-2-4-6-16)13-24(14)20(25)18-12-23-27-19(18)15-7-9-17(22)10-8-15/h2-10,12,14,26H,11,13H2,1H3. The summed E-state index contributed by atoms with van der Waals surface area (Å²) in [6.45, 7) is 2.09. The zero-order valence-electron chi connectivity index (χ0n) is 14.8. The molecule has 4 rings (SSSR count). The summed E-state index contributed by atoms with van der Waals surface area (Å²) in [4.78, 5) is 14.8. The van der Waals surface area contributed by atoms with Crippen LogP contribution in [0.3, 0.4) is 0 Å². The molecule has 2 atom stereocenters. The Balaban J connectivity index is 1.63. The summed E-state index contributed by atoms with van der Waals surface area (Å²) in [6.07, 6.45) is 1.81. The molecule has 5 nitrogen and oxygen atoms in total. The molecule has 1 saturated heterocycles. The lowest BCUT2D eigenvalue weighted by atomic mass is 9.92. The van der Waals surface area contributed by atoms with Crippen molar-refractivity contribution in [2.75, 3.05) is 6.54 Å². The van der Waals surface area contributed by atoms with Crippen LogP contribution in [0.5, 0.6) is 0 Å². The van der Waals surface area contributed by atoms with Gasteiger partial charge in [-0.05, 0) is 36.8 Å². The third kappa shape index (κ3) is 3.13. The average Bonchev–Trinajstić information content (AvgIpc) is 3.28. The highest BCUT2D eigenvalue weighted by atomic mass is 19.1. The van der Waals surface area contributed by atoms with E-state index in [1.807, 2.05) is 37.3 Å². The molecular formula is C21H19FN2O3. The van der Waals surface area contributed by atoms with E-state index in [2.05, 4.69) is 5.16 Å². The predicted molar refractivity (Wildman–Crippen MR) is 97.4 cm³/mol. The van der Waals surface area contributed by atoms with Crippen LogP contribution in [0, 0.1) is 5.82 Å². The Morgan fingerprint density at radius 1 is 1.22 bits per heavy atom. The van der Waals surface area contributed by atoms with Crippen LogP contribution in [0.25, 0.3) is 11.3 Å². The molecule has 6 heteroatoms. The maximum atomic E-state index is 13.2. The van der Waals surface area contributed by atoms with E-state index in [4.69, 9.17) is 4.52 Å². The van der Waals surface area contributed by atoms with Crippen molar-refractivity contribution in [1.29, 1.82) is 0 Å². The third-order valence-corrected chi connectivity index (χ3v) is 5.08. The van der Waals surface area contributed by atoms with E-state index in [0.29, 0.717) is 23.3 Å². The van der Waals surface area contributed by atoms with Gasteiger partial charge < -0.3 is 14.5 Å². The Morgan fingerprint density at radius 3 is 2.63 bits per heavy atom. The number of carbonyl (C=O) groups is 1. The summed E-state index contributed by atoms with van der Waals surface area (Å²) in [6, 6.07) is 14.9. The molecule has 2 aromatic carbocycles. The maximum absolute atomic E-state index is 13.2. The molecule has 0 aliphatic carbocycles. The van der Waals surface area contributed by atoms with Crippen LogP contribution in [0.2, 0.25) is 0 Å². The number of hydrogen-bond acceptors (Lipinski definition) is 4. The Bertz CT molecular complexity index is 955. The van der Waals surface area contributed by atoms with Crippen LogP contribution in [-0.2, 0) is 5.60 Å². The van der Waals surface area contributed by atoms with Gasteiger partial charge in [0.05, 0.1) is 12.7 Å². The number of benzene rings is 2. The highest BCUT2D eigenvalue weighted by molar-refractivity contribution is 5.99. The minimum Gasteiger partial charge on any atom is -0.383 e. The van der Waals surface area contributed by atoms with Crippen molar-refractivity contribution in [1.82, 2.24) is 10.1 Å². The highest BCUT2D eigenvalue weighted by Crippen LogP contribution is 2.37. The van der Waals surface area contributed by atoms with Gasteiger partial charge in [-0.2, -0.15) is 0 Å². The lowest BCUT2D eigenvalue weighted by Gasteiger charge is -2.24. The predicted octanol–water partition coefficient (Wildman–Crippen LogP) is 3.60. The summed E-state index contributed by atoms with van der Waals surface area (Å²) < 4.78 is 18.4. The van der Waals surface area contributed by atoms with E-state index in [1.165, 1.54) is 18.3 Å². The van der Waals surface area contributed by atoms with Gasteiger partial charge in [0.2, 0.25) is 0 Å². The normalized spacial score (nSPS) is 22.2. The van der Waals surface area contributed by atoms with E-state index < -0.39 is 5.60 Å². The molecule has 138 valence electrons. The van der Waals surface area contributed by atoms with Crippen molar-refractivity contribution in [3.8, 4) is 11.3 Å². The Kier molecular flexibility index (Phi) is 4.28. The van der Waals surface area contributed by atoms with Gasteiger partial charge in [0.15, 0.2) is 5.76 Å². The van der Waals surface area contributed by atoms with E-state index in [0.717, 1.165) is 5.56 Å². The van der Waals surface area contributed by atoms with Crippen LogP contribution in [0.1, 0.15) is 29.3 Å². The summed E-state index contributed by atoms with van der Waals surface area (Å²) in [5.41, 5.74) is 0.563. The third-order valence-electron chi connectivity index (χ3n) is 5.08. The van der Waals surface area contributed by atoms with Crippen LogP contribution in [0.15, 0.2) is 65.3 Å². The first kappa shape index (κ1) is 17.4. The second-order valence-corrected chi connectivity index (χ2v) is 6.96. The first-order valence-electron chi connectivity index (χ1n) is 8.77.